The van der Waals surface area contributed by atoms with E-state index in [1.807, 2.05) is 77.8 Å². The van der Waals surface area contributed by atoms with E-state index in [2.05, 4.69) is 29.7 Å². The predicted octanol–water partition coefficient (Wildman–Crippen LogP) is 7.60. The summed E-state index contributed by atoms with van der Waals surface area (Å²) in [5, 5.41) is 0.648. The third-order valence-electron chi connectivity index (χ3n) is 8.00. The van der Waals surface area contributed by atoms with E-state index in [0.29, 0.717) is 10.6 Å². The molecule has 204 valence electrons. The highest BCUT2D eigenvalue weighted by molar-refractivity contribution is 6.30. The van der Waals surface area contributed by atoms with Crippen molar-refractivity contribution < 1.29 is 9.59 Å². The zero-order chi connectivity index (χ0) is 27.6. The van der Waals surface area contributed by atoms with Gasteiger partial charge in [-0.15, -0.1) is 0 Å². The van der Waals surface area contributed by atoms with Crippen LogP contribution in [0.4, 0.5) is 5.69 Å². The van der Waals surface area contributed by atoms with Crippen LogP contribution in [0.25, 0.3) is 5.69 Å². The van der Waals surface area contributed by atoms with Crippen molar-refractivity contribution in [3.63, 3.8) is 0 Å². The van der Waals surface area contributed by atoms with E-state index >= 15 is 0 Å². The second-order valence-electron chi connectivity index (χ2n) is 10.8. The fourth-order valence-electron chi connectivity index (χ4n) is 5.76. The number of para-hydroxylation sites is 2. The highest BCUT2D eigenvalue weighted by Gasteiger charge is 2.40. The number of aromatic nitrogens is 1. The molecule has 1 atom stereocenters. The first-order valence-electron chi connectivity index (χ1n) is 14.3. The highest BCUT2D eigenvalue weighted by Crippen LogP contribution is 2.43. The Hall–Kier alpha value is -3.83. The number of unbranched alkanes of at least 4 members (excludes halogenated alkanes) is 2. The van der Waals surface area contributed by atoms with Crippen LogP contribution in [0.2, 0.25) is 5.02 Å². The summed E-state index contributed by atoms with van der Waals surface area (Å²) in [7, 11) is 0. The van der Waals surface area contributed by atoms with Crippen LogP contribution >= 0.6 is 11.6 Å². The fourth-order valence-corrected chi connectivity index (χ4v) is 5.88. The molecular formula is C34H34ClN3O2. The molecule has 1 aliphatic carbocycles. The van der Waals surface area contributed by atoms with Gasteiger partial charge in [0.05, 0.1) is 17.1 Å². The van der Waals surface area contributed by atoms with Crippen LogP contribution in [-0.4, -0.2) is 33.9 Å². The third-order valence-corrected chi connectivity index (χ3v) is 8.25. The molecule has 6 rings (SSSR count). The van der Waals surface area contributed by atoms with Gasteiger partial charge >= 0.3 is 0 Å². The number of nitrogens with zero attached hydrogens (tertiary/aromatic N) is 3. The molecule has 0 N–H and O–H groups in total. The fraction of sp³-hybridized carbons (Fsp3) is 0.294. The van der Waals surface area contributed by atoms with Gasteiger partial charge < -0.3 is 9.47 Å². The summed E-state index contributed by atoms with van der Waals surface area (Å²) in [4.78, 5) is 31.7. The van der Waals surface area contributed by atoms with Crippen LogP contribution < -0.4 is 4.90 Å². The van der Waals surface area contributed by atoms with Gasteiger partial charge in [0.2, 0.25) is 5.91 Å². The molecule has 1 fully saturated rings. The summed E-state index contributed by atoms with van der Waals surface area (Å²) < 4.78 is 2.14. The number of hydrogen-bond donors (Lipinski definition) is 0. The quantitative estimate of drug-likeness (QED) is 0.201. The van der Waals surface area contributed by atoms with Crippen molar-refractivity contribution >= 4 is 29.1 Å². The first-order valence-corrected chi connectivity index (χ1v) is 14.7. The Balaban J connectivity index is 1.31. The van der Waals surface area contributed by atoms with Gasteiger partial charge in [-0.25, -0.2) is 0 Å². The monoisotopic (exact) mass is 551 g/mol. The Morgan fingerprint density at radius 3 is 2.30 bits per heavy atom. The summed E-state index contributed by atoms with van der Waals surface area (Å²) in [6.07, 6.45) is 8.46. The SMILES string of the molecule is CCCCCc1ccc(C(=O)N(CC(=O)N2c3ccccc3-n3cccc3C2c2ccc(Cl)cc2)C2CC2)cc1. The molecule has 1 unspecified atom stereocenters. The van der Waals surface area contributed by atoms with Crippen molar-refractivity contribution in [3.8, 4) is 5.69 Å². The lowest BCUT2D eigenvalue weighted by atomic mass is 9.97. The molecule has 6 heteroatoms. The van der Waals surface area contributed by atoms with Gasteiger partial charge in [-0.2, -0.15) is 0 Å². The van der Waals surface area contributed by atoms with E-state index in [1.165, 1.54) is 18.4 Å². The largest absolute Gasteiger partial charge is 0.326 e. The van der Waals surface area contributed by atoms with Gasteiger partial charge in [0.1, 0.15) is 12.6 Å². The van der Waals surface area contributed by atoms with E-state index in [-0.39, 0.29) is 30.4 Å². The standard InChI is InChI=1S/C34H34ClN3O2/c1-2-3-4-8-24-12-14-26(15-13-24)34(40)37(28-20-21-28)23-32(39)38-30-10-6-5-9-29(30)36-22-7-11-31(36)33(38)25-16-18-27(35)19-17-25/h5-7,9-19,22,28,33H,2-4,8,20-21,23H2,1H3. The van der Waals surface area contributed by atoms with E-state index in [4.69, 9.17) is 11.6 Å². The van der Waals surface area contributed by atoms with Gasteiger partial charge in [-0.1, -0.05) is 67.8 Å². The predicted molar refractivity (Wildman–Crippen MR) is 160 cm³/mol. The molecule has 40 heavy (non-hydrogen) atoms. The first-order chi connectivity index (χ1) is 19.5. The maximum atomic E-state index is 14.3. The minimum atomic E-state index is -0.340. The zero-order valence-electron chi connectivity index (χ0n) is 22.8. The average Bonchev–Trinajstić information content (AvgIpc) is 3.71. The normalized spacial score (nSPS) is 15.8. The number of carbonyl (C=O) groups excluding carboxylic acids is 2. The van der Waals surface area contributed by atoms with Crippen LogP contribution in [0, 0.1) is 0 Å². The van der Waals surface area contributed by atoms with Crippen molar-refractivity contribution in [1.82, 2.24) is 9.47 Å². The molecule has 2 amide bonds. The summed E-state index contributed by atoms with van der Waals surface area (Å²) in [5.41, 5.74) is 5.63. The van der Waals surface area contributed by atoms with Crippen LogP contribution in [0.5, 0.6) is 0 Å². The Labute approximate surface area is 241 Å². The molecule has 4 aromatic rings. The van der Waals surface area contributed by atoms with Crippen molar-refractivity contribution in [2.24, 2.45) is 0 Å². The summed E-state index contributed by atoms with van der Waals surface area (Å²) in [6.45, 7) is 2.23. The number of aryl methyl sites for hydroxylation is 1. The molecule has 0 radical (unpaired) electrons. The first kappa shape index (κ1) is 26.4. The molecule has 0 saturated heterocycles. The van der Waals surface area contributed by atoms with Crippen molar-refractivity contribution in [1.29, 1.82) is 0 Å². The van der Waals surface area contributed by atoms with E-state index < -0.39 is 0 Å². The van der Waals surface area contributed by atoms with Crippen molar-refractivity contribution in [3.05, 3.63) is 119 Å². The number of fused-ring (bicyclic) bond motifs is 3. The van der Waals surface area contributed by atoms with Crippen molar-refractivity contribution in [2.45, 2.75) is 57.5 Å². The van der Waals surface area contributed by atoms with Crippen LogP contribution in [-0.2, 0) is 11.2 Å². The lowest BCUT2D eigenvalue weighted by molar-refractivity contribution is -0.119. The maximum absolute atomic E-state index is 14.3. The number of carbonyl (C=O) groups is 2. The van der Waals surface area contributed by atoms with E-state index in [9.17, 15) is 9.59 Å². The zero-order valence-corrected chi connectivity index (χ0v) is 23.6. The molecular weight excluding hydrogens is 518 g/mol. The molecule has 2 heterocycles. The molecule has 3 aromatic carbocycles. The lowest BCUT2D eigenvalue weighted by Crippen LogP contribution is -2.47. The average molecular weight is 552 g/mol. The topological polar surface area (TPSA) is 45.6 Å². The molecule has 0 bridgehead atoms. The molecule has 5 nitrogen and oxygen atoms in total. The maximum Gasteiger partial charge on any atom is 0.254 e. The van der Waals surface area contributed by atoms with Gasteiger partial charge in [0.25, 0.3) is 5.91 Å². The van der Waals surface area contributed by atoms with E-state index in [0.717, 1.165) is 48.3 Å². The number of rotatable bonds is 9. The molecule has 1 aromatic heterocycles. The Morgan fingerprint density at radius 1 is 0.875 bits per heavy atom. The number of benzene rings is 3. The van der Waals surface area contributed by atoms with Gasteiger partial charge in [-0.05, 0) is 85.3 Å². The number of anilines is 1. The van der Waals surface area contributed by atoms with Gasteiger partial charge in [0.15, 0.2) is 0 Å². The Kier molecular flexibility index (Phi) is 7.48. The summed E-state index contributed by atoms with van der Waals surface area (Å²) >= 11 is 6.22. The summed E-state index contributed by atoms with van der Waals surface area (Å²) in [6, 6.07) is 27.4. The summed E-state index contributed by atoms with van der Waals surface area (Å²) in [5.74, 6) is -0.177. The number of hydrogen-bond acceptors (Lipinski definition) is 2. The van der Waals surface area contributed by atoms with Gasteiger partial charge in [-0.3, -0.25) is 14.5 Å². The Morgan fingerprint density at radius 2 is 1.60 bits per heavy atom. The number of halogens is 1. The third kappa shape index (κ3) is 5.18. The molecule has 1 saturated carbocycles. The second kappa shape index (κ2) is 11.3. The second-order valence-corrected chi connectivity index (χ2v) is 11.3. The van der Waals surface area contributed by atoms with Crippen LogP contribution in [0.1, 0.15) is 72.2 Å². The van der Waals surface area contributed by atoms with Crippen LogP contribution in [0.15, 0.2) is 91.1 Å². The number of amides is 2. The van der Waals surface area contributed by atoms with Crippen molar-refractivity contribution in [2.75, 3.05) is 11.4 Å². The van der Waals surface area contributed by atoms with Gasteiger partial charge in [0, 0.05) is 22.8 Å². The van der Waals surface area contributed by atoms with Crippen LogP contribution in [0.3, 0.4) is 0 Å². The minimum absolute atomic E-state index is 0.0287. The highest BCUT2D eigenvalue weighted by atomic mass is 35.5. The van der Waals surface area contributed by atoms with E-state index in [1.54, 1.807) is 4.90 Å². The Bertz CT molecular complexity index is 1500. The molecule has 0 spiro atoms. The molecule has 1 aliphatic heterocycles. The smallest absolute Gasteiger partial charge is 0.254 e. The lowest BCUT2D eigenvalue weighted by Gasteiger charge is -2.39. The molecule has 2 aliphatic rings. The minimum Gasteiger partial charge on any atom is -0.326 e.